The zero-order valence-corrected chi connectivity index (χ0v) is 20.7. The van der Waals surface area contributed by atoms with Crippen molar-refractivity contribution in [3.63, 3.8) is 0 Å². The lowest BCUT2D eigenvalue weighted by molar-refractivity contribution is -0.136. The van der Waals surface area contributed by atoms with E-state index < -0.39 is 11.9 Å². The van der Waals surface area contributed by atoms with Gasteiger partial charge >= 0.3 is 0 Å². The lowest BCUT2D eigenvalue weighted by Gasteiger charge is -2.38. The van der Waals surface area contributed by atoms with Crippen molar-refractivity contribution in [2.45, 2.75) is 31.7 Å². The highest BCUT2D eigenvalue weighted by atomic mass is 35.5. The van der Waals surface area contributed by atoms with E-state index in [0.717, 1.165) is 56.3 Å². The van der Waals surface area contributed by atoms with Gasteiger partial charge in [0.25, 0.3) is 11.5 Å². The summed E-state index contributed by atoms with van der Waals surface area (Å²) in [6.45, 7) is 7.52. The normalized spacial score (nSPS) is 22.1. The molecular formula is C23H32Cl2N6O3. The van der Waals surface area contributed by atoms with Crippen molar-refractivity contribution < 1.29 is 9.59 Å². The van der Waals surface area contributed by atoms with Crippen molar-refractivity contribution in [2.24, 2.45) is 5.92 Å². The Balaban J connectivity index is 0.00000162. The molecule has 3 aliphatic rings. The SMILES string of the molecule is Cl.Cl.O=C1CCC(n2ncc3cc(N4CCN(CC5CCNCC5)CC4)ccc3c2=O)C(=O)N1. The molecule has 0 bridgehead atoms. The van der Waals surface area contributed by atoms with E-state index in [9.17, 15) is 14.4 Å². The summed E-state index contributed by atoms with van der Waals surface area (Å²) in [6.07, 6.45) is 4.70. The number of imide groups is 1. The molecule has 11 heteroatoms. The molecule has 1 atom stereocenters. The van der Waals surface area contributed by atoms with Crippen LogP contribution < -0.4 is 21.1 Å². The first-order valence-electron chi connectivity index (χ1n) is 11.6. The van der Waals surface area contributed by atoms with Crippen LogP contribution in [-0.2, 0) is 9.59 Å². The van der Waals surface area contributed by atoms with E-state index in [1.807, 2.05) is 18.2 Å². The molecule has 3 fully saturated rings. The molecule has 3 aliphatic heterocycles. The molecule has 3 saturated heterocycles. The maximum Gasteiger partial charge on any atom is 0.275 e. The second-order valence-electron chi connectivity index (χ2n) is 9.11. The van der Waals surface area contributed by atoms with E-state index in [4.69, 9.17) is 0 Å². The van der Waals surface area contributed by atoms with Gasteiger partial charge in [0.15, 0.2) is 0 Å². The standard InChI is InChI=1S/C23H30N6O3.2ClH/c30-21-4-3-20(22(31)26-21)29-23(32)19-2-1-18(13-17(19)14-25-29)28-11-9-27(10-12-28)15-16-5-7-24-8-6-16;;/h1-2,13-14,16,20,24H,3-12,15H2,(H,26,30,31);2*1H. The second kappa shape index (κ2) is 11.5. The average Bonchev–Trinajstić information content (AvgIpc) is 2.81. The number of carbonyl (C=O) groups is 2. The minimum atomic E-state index is -0.739. The fourth-order valence-corrected chi connectivity index (χ4v) is 5.10. The Morgan fingerprint density at radius 2 is 1.71 bits per heavy atom. The third-order valence-electron chi connectivity index (χ3n) is 7.01. The quantitative estimate of drug-likeness (QED) is 0.598. The Labute approximate surface area is 211 Å². The highest BCUT2D eigenvalue weighted by Gasteiger charge is 2.30. The van der Waals surface area contributed by atoms with Crippen LogP contribution in [0, 0.1) is 5.92 Å². The van der Waals surface area contributed by atoms with Crippen LogP contribution >= 0.6 is 24.8 Å². The summed E-state index contributed by atoms with van der Waals surface area (Å²) in [5.41, 5.74) is 0.800. The van der Waals surface area contributed by atoms with Gasteiger partial charge in [0.2, 0.25) is 5.91 Å². The molecule has 4 heterocycles. The number of nitrogens with zero attached hydrogens (tertiary/aromatic N) is 4. The second-order valence-corrected chi connectivity index (χ2v) is 9.11. The Hall–Kier alpha value is -2.20. The van der Waals surface area contributed by atoms with E-state index >= 15 is 0 Å². The maximum atomic E-state index is 13.0. The number of aromatic nitrogens is 2. The van der Waals surface area contributed by atoms with Gasteiger partial charge < -0.3 is 10.2 Å². The average molecular weight is 511 g/mol. The molecule has 2 N–H and O–H groups in total. The van der Waals surface area contributed by atoms with Crippen LogP contribution in [0.15, 0.2) is 29.2 Å². The number of fused-ring (bicyclic) bond motifs is 1. The van der Waals surface area contributed by atoms with Gasteiger partial charge in [-0.3, -0.25) is 24.6 Å². The molecule has 0 spiro atoms. The number of piperazine rings is 1. The summed E-state index contributed by atoms with van der Waals surface area (Å²) in [5, 5.41) is 11.3. The van der Waals surface area contributed by atoms with Crippen molar-refractivity contribution in [1.29, 1.82) is 0 Å². The van der Waals surface area contributed by atoms with E-state index in [-0.39, 0.29) is 42.7 Å². The zero-order chi connectivity index (χ0) is 22.1. The molecule has 0 radical (unpaired) electrons. The van der Waals surface area contributed by atoms with Crippen molar-refractivity contribution in [3.8, 4) is 0 Å². The number of rotatable bonds is 4. The monoisotopic (exact) mass is 510 g/mol. The summed E-state index contributed by atoms with van der Waals surface area (Å²) in [4.78, 5) is 41.5. The predicted octanol–water partition coefficient (Wildman–Crippen LogP) is 1.34. The fraction of sp³-hybridized carbons (Fsp3) is 0.565. The summed E-state index contributed by atoms with van der Waals surface area (Å²) in [6, 6.07) is 5.10. The summed E-state index contributed by atoms with van der Waals surface area (Å²) in [7, 11) is 0. The Bertz CT molecular complexity index is 1080. The van der Waals surface area contributed by atoms with Gasteiger partial charge in [-0.05, 0) is 56.5 Å². The Morgan fingerprint density at radius 1 is 0.971 bits per heavy atom. The van der Waals surface area contributed by atoms with Gasteiger partial charge in [-0.1, -0.05) is 0 Å². The third kappa shape index (κ3) is 5.54. The van der Waals surface area contributed by atoms with Crippen molar-refractivity contribution in [3.05, 3.63) is 34.7 Å². The van der Waals surface area contributed by atoms with Crippen LogP contribution in [0.4, 0.5) is 5.69 Å². The number of hydrogen-bond acceptors (Lipinski definition) is 7. The van der Waals surface area contributed by atoms with Gasteiger partial charge in [0, 0.05) is 50.2 Å². The topological polar surface area (TPSA) is 99.6 Å². The number of anilines is 1. The number of piperidine rings is 2. The molecule has 1 unspecified atom stereocenters. The number of nitrogens with one attached hydrogen (secondary N) is 2. The van der Waals surface area contributed by atoms with Gasteiger partial charge in [-0.25, -0.2) is 4.68 Å². The molecule has 186 valence electrons. The first-order valence-corrected chi connectivity index (χ1v) is 11.6. The Kier molecular flexibility index (Phi) is 8.92. The van der Waals surface area contributed by atoms with E-state index in [1.54, 1.807) is 6.20 Å². The van der Waals surface area contributed by atoms with Crippen molar-refractivity contribution in [1.82, 2.24) is 25.3 Å². The molecule has 0 saturated carbocycles. The van der Waals surface area contributed by atoms with E-state index in [2.05, 4.69) is 25.5 Å². The largest absolute Gasteiger partial charge is 0.369 e. The van der Waals surface area contributed by atoms with Crippen LogP contribution in [0.5, 0.6) is 0 Å². The summed E-state index contributed by atoms with van der Waals surface area (Å²) < 4.78 is 1.21. The van der Waals surface area contributed by atoms with Crippen molar-refractivity contribution >= 4 is 53.1 Å². The molecule has 1 aromatic heterocycles. The molecule has 1 aromatic carbocycles. The summed E-state index contributed by atoms with van der Waals surface area (Å²) in [5.74, 6) is 0.0378. The van der Waals surface area contributed by atoms with Crippen LogP contribution in [0.3, 0.4) is 0 Å². The van der Waals surface area contributed by atoms with Crippen LogP contribution in [0.2, 0.25) is 0 Å². The first kappa shape index (κ1) is 26.4. The van der Waals surface area contributed by atoms with Gasteiger partial charge in [0.1, 0.15) is 6.04 Å². The number of amides is 2. The lowest BCUT2D eigenvalue weighted by Crippen LogP contribution is -2.48. The molecular weight excluding hydrogens is 479 g/mol. The highest BCUT2D eigenvalue weighted by Crippen LogP contribution is 2.23. The number of carbonyl (C=O) groups excluding carboxylic acids is 2. The molecule has 2 amide bonds. The fourth-order valence-electron chi connectivity index (χ4n) is 5.10. The van der Waals surface area contributed by atoms with Crippen LogP contribution in [-0.4, -0.2) is 72.3 Å². The number of benzene rings is 1. The molecule has 0 aliphatic carbocycles. The minimum Gasteiger partial charge on any atom is -0.369 e. The lowest BCUT2D eigenvalue weighted by atomic mass is 9.97. The predicted molar refractivity (Wildman–Crippen MR) is 136 cm³/mol. The Morgan fingerprint density at radius 3 is 2.41 bits per heavy atom. The molecule has 34 heavy (non-hydrogen) atoms. The van der Waals surface area contributed by atoms with Gasteiger partial charge in [0.05, 0.1) is 11.6 Å². The van der Waals surface area contributed by atoms with Gasteiger partial charge in [-0.15, -0.1) is 24.8 Å². The van der Waals surface area contributed by atoms with Crippen LogP contribution in [0.1, 0.15) is 31.7 Å². The first-order chi connectivity index (χ1) is 15.6. The number of halogens is 2. The smallest absolute Gasteiger partial charge is 0.275 e. The molecule has 9 nitrogen and oxygen atoms in total. The van der Waals surface area contributed by atoms with Crippen LogP contribution in [0.25, 0.3) is 10.8 Å². The van der Waals surface area contributed by atoms with E-state index in [0.29, 0.717) is 11.8 Å². The van der Waals surface area contributed by atoms with Gasteiger partial charge in [-0.2, -0.15) is 5.10 Å². The summed E-state index contributed by atoms with van der Waals surface area (Å²) >= 11 is 0. The van der Waals surface area contributed by atoms with Crippen molar-refractivity contribution in [2.75, 3.05) is 50.7 Å². The van der Waals surface area contributed by atoms with E-state index in [1.165, 1.54) is 24.1 Å². The third-order valence-corrected chi connectivity index (χ3v) is 7.01. The number of hydrogen-bond donors (Lipinski definition) is 2. The maximum absolute atomic E-state index is 13.0. The highest BCUT2D eigenvalue weighted by molar-refractivity contribution is 5.99. The minimum absolute atomic E-state index is 0. The molecule has 5 rings (SSSR count). The molecule has 2 aromatic rings. The zero-order valence-electron chi connectivity index (χ0n) is 19.1.